The Kier molecular flexibility index (Phi) is 7.26. The van der Waals surface area contributed by atoms with Crippen LogP contribution in [0.15, 0.2) is 20.9 Å². The second kappa shape index (κ2) is 8.85. The van der Waals surface area contributed by atoms with E-state index in [-0.39, 0.29) is 12.0 Å². The van der Waals surface area contributed by atoms with Crippen molar-refractivity contribution in [1.29, 1.82) is 0 Å². The van der Waals surface area contributed by atoms with Crippen LogP contribution in [-0.4, -0.2) is 41.5 Å². The Bertz CT molecular complexity index is 1120. The van der Waals surface area contributed by atoms with Crippen molar-refractivity contribution < 1.29 is 51.2 Å². The van der Waals surface area contributed by atoms with E-state index in [1.54, 1.807) is 0 Å². The Balaban J connectivity index is 2.24. The lowest BCUT2D eigenvalue weighted by atomic mass is 10.2. The second-order valence-electron chi connectivity index (χ2n) is 5.64. The molecule has 2 heterocycles. The summed E-state index contributed by atoms with van der Waals surface area (Å²) in [6.07, 6.45) is -2.36. The number of phosphoric ester groups is 1. The fraction of sp³-hybridized carbons (Fsp3) is 0.556. The quantitative estimate of drug-likeness (QED) is 0.139. The van der Waals surface area contributed by atoms with Crippen LogP contribution in [0.2, 0.25) is 0 Å². The van der Waals surface area contributed by atoms with Gasteiger partial charge in [-0.25, -0.2) is 18.5 Å². The minimum absolute atomic E-state index is 0.106. The summed E-state index contributed by atoms with van der Waals surface area (Å²) in [5.74, 6) is 0. The molecule has 21 heteroatoms. The van der Waals surface area contributed by atoms with Gasteiger partial charge in [0, 0.05) is 23.1 Å². The third-order valence-electron chi connectivity index (χ3n) is 3.36. The van der Waals surface area contributed by atoms with Gasteiger partial charge < -0.3 is 24.3 Å². The molecule has 5 atom stereocenters. The van der Waals surface area contributed by atoms with Gasteiger partial charge in [-0.15, -0.1) is 0 Å². The minimum Gasteiger partial charge on any atom is -0.328 e. The predicted molar refractivity (Wildman–Crippen MR) is 92.5 cm³/mol. The van der Waals surface area contributed by atoms with E-state index < -0.39 is 53.3 Å². The van der Waals surface area contributed by atoms with Gasteiger partial charge in [0.25, 0.3) is 5.56 Å². The van der Waals surface area contributed by atoms with Gasteiger partial charge >= 0.3 is 29.2 Å². The number of nitrogens with one attached hydrogen (secondary N) is 1. The molecule has 0 spiro atoms. The predicted octanol–water partition coefficient (Wildman–Crippen LogP) is 0.112. The zero-order chi connectivity index (χ0) is 22.9. The lowest BCUT2D eigenvalue weighted by Crippen LogP contribution is -2.33. The largest absolute Gasteiger partial charge is 0.490 e. The molecule has 1 aliphatic rings. The first kappa shape index (κ1) is 24.6. The van der Waals surface area contributed by atoms with E-state index in [4.69, 9.17) is 24.9 Å². The minimum atomic E-state index is -5.78. The molecule has 1 aliphatic heterocycles. The number of hydrogen-bond acceptors (Lipinski definition) is 10. The number of aryl methyl sites for hydroxylation is 1. The maximum atomic E-state index is 12.0. The highest BCUT2D eigenvalue weighted by Crippen LogP contribution is 2.67. The smallest absolute Gasteiger partial charge is 0.328 e. The van der Waals surface area contributed by atoms with Crippen molar-refractivity contribution in [2.24, 2.45) is 5.11 Å². The normalized spacial score (nSPS) is 25.8. The highest BCUT2D eigenvalue weighted by molar-refractivity contribution is 7.66. The molecule has 168 valence electrons. The van der Waals surface area contributed by atoms with E-state index in [0.29, 0.717) is 0 Å². The van der Waals surface area contributed by atoms with Crippen LogP contribution in [-0.2, 0) is 31.6 Å². The van der Waals surface area contributed by atoms with Crippen LogP contribution in [0.25, 0.3) is 10.4 Å². The number of azide groups is 1. The van der Waals surface area contributed by atoms with Gasteiger partial charge in [-0.2, -0.15) is 8.62 Å². The summed E-state index contributed by atoms with van der Waals surface area (Å²) in [7, 11) is -17.0. The zero-order valence-corrected chi connectivity index (χ0v) is 17.3. The maximum absolute atomic E-state index is 12.0. The molecule has 0 amide bonds. The van der Waals surface area contributed by atoms with Gasteiger partial charge in [-0.1, -0.05) is 5.11 Å². The third-order valence-corrected chi connectivity index (χ3v) is 7.16. The average Bonchev–Trinajstić information content (AvgIpc) is 2.89. The van der Waals surface area contributed by atoms with Crippen molar-refractivity contribution in [1.82, 2.24) is 9.55 Å². The maximum Gasteiger partial charge on any atom is 0.490 e. The van der Waals surface area contributed by atoms with Crippen molar-refractivity contribution in [3.05, 3.63) is 43.0 Å². The van der Waals surface area contributed by atoms with Gasteiger partial charge in [0.1, 0.15) is 6.23 Å². The molecule has 1 aromatic heterocycles. The third kappa shape index (κ3) is 6.68. The molecule has 1 saturated heterocycles. The first-order chi connectivity index (χ1) is 13.6. The van der Waals surface area contributed by atoms with E-state index in [9.17, 15) is 28.2 Å². The monoisotopic (exact) mass is 493 g/mol. The summed E-state index contributed by atoms with van der Waals surface area (Å²) in [6.45, 7) is 1.37. The first-order valence-electron chi connectivity index (χ1n) is 7.46. The topological polar surface area (TPSA) is 273 Å². The van der Waals surface area contributed by atoms with E-state index >= 15 is 0 Å². The molecule has 0 aliphatic carbocycles. The number of ether oxygens (including phenoxy) is 1. The van der Waals surface area contributed by atoms with Crippen LogP contribution in [0.5, 0.6) is 0 Å². The highest BCUT2D eigenvalue weighted by atomic mass is 31.3. The molecule has 1 aromatic rings. The molecule has 30 heavy (non-hydrogen) atoms. The van der Waals surface area contributed by atoms with Crippen molar-refractivity contribution in [3.8, 4) is 0 Å². The standard InChI is InChI=1S/C9H14N5O13P3/c1-4-3-14(9(16)11-7(4)15)6-2-5(12-13-10)8(24-6)25-29(20,21)27-30(22,23)26-28(17,18)19/h3,5-6,8H,2H2,1H3,(H,20,21)(H,22,23)(H,11,15,16)(H2,17,18,19)/t5-,6-,8-/m1/s1. The van der Waals surface area contributed by atoms with E-state index in [2.05, 4.69) is 23.2 Å². The Morgan fingerprint density at radius 3 is 2.43 bits per heavy atom. The zero-order valence-electron chi connectivity index (χ0n) is 14.6. The van der Waals surface area contributed by atoms with Crippen LogP contribution >= 0.6 is 23.5 Å². The summed E-state index contributed by atoms with van der Waals surface area (Å²) in [4.78, 5) is 63.6. The second-order valence-corrected chi connectivity index (χ2v) is 10.0. The lowest BCUT2D eigenvalue weighted by Gasteiger charge is -2.21. The Labute approximate surface area is 165 Å². The van der Waals surface area contributed by atoms with E-state index in [0.717, 1.165) is 10.8 Å². The molecule has 0 aromatic carbocycles. The fourth-order valence-corrected chi connectivity index (χ4v) is 5.40. The molecule has 18 nitrogen and oxygen atoms in total. The fourth-order valence-electron chi connectivity index (χ4n) is 2.29. The van der Waals surface area contributed by atoms with Crippen molar-refractivity contribution in [3.63, 3.8) is 0 Å². The lowest BCUT2D eigenvalue weighted by molar-refractivity contribution is -0.111. The average molecular weight is 493 g/mol. The number of phosphoric acid groups is 3. The Morgan fingerprint density at radius 2 is 1.87 bits per heavy atom. The van der Waals surface area contributed by atoms with Gasteiger partial charge in [0.15, 0.2) is 6.29 Å². The molecule has 2 rings (SSSR count). The van der Waals surface area contributed by atoms with Crippen molar-refractivity contribution in [2.45, 2.75) is 31.9 Å². The van der Waals surface area contributed by atoms with Gasteiger partial charge in [-0.3, -0.25) is 18.9 Å². The highest BCUT2D eigenvalue weighted by Gasteiger charge is 2.46. The molecule has 2 unspecified atom stereocenters. The van der Waals surface area contributed by atoms with Crippen molar-refractivity contribution in [2.75, 3.05) is 0 Å². The molecule has 1 fully saturated rings. The molecule has 0 saturated carbocycles. The van der Waals surface area contributed by atoms with Crippen LogP contribution in [0.3, 0.4) is 0 Å². The van der Waals surface area contributed by atoms with Crippen LogP contribution in [0.1, 0.15) is 18.2 Å². The van der Waals surface area contributed by atoms with Crippen LogP contribution < -0.4 is 11.2 Å². The van der Waals surface area contributed by atoms with Crippen LogP contribution in [0.4, 0.5) is 0 Å². The molecule has 5 N–H and O–H groups in total. The summed E-state index contributed by atoms with van der Waals surface area (Å²) < 4.78 is 51.7. The number of nitrogens with zero attached hydrogens (tertiary/aromatic N) is 4. The molecular formula is C9H14N5O13P3. The van der Waals surface area contributed by atoms with Gasteiger partial charge in [0.05, 0.1) is 6.04 Å². The van der Waals surface area contributed by atoms with Gasteiger partial charge in [0.2, 0.25) is 0 Å². The number of H-pyrrole nitrogens is 1. The first-order valence-corrected chi connectivity index (χ1v) is 12.0. The van der Waals surface area contributed by atoms with Crippen molar-refractivity contribution >= 4 is 23.5 Å². The molecule has 0 radical (unpaired) electrons. The van der Waals surface area contributed by atoms with Crippen LogP contribution in [0, 0.1) is 6.92 Å². The molecule has 0 bridgehead atoms. The number of rotatable bonds is 8. The summed E-state index contributed by atoms with van der Waals surface area (Å²) in [5.41, 5.74) is 7.14. The Morgan fingerprint density at radius 1 is 1.23 bits per heavy atom. The SMILES string of the molecule is Cc1cn([C@H]2C[C@@H](N=[N+]=[N-])[C@@H](OP(=O)(O)OP(=O)(O)OP(=O)(O)O)O2)c(=O)[nH]c1=O. The summed E-state index contributed by atoms with van der Waals surface area (Å²) in [6, 6.07) is -1.36. The number of hydrogen-bond donors (Lipinski definition) is 5. The summed E-state index contributed by atoms with van der Waals surface area (Å²) >= 11 is 0. The van der Waals surface area contributed by atoms with Gasteiger partial charge in [-0.05, 0) is 12.5 Å². The van der Waals surface area contributed by atoms with E-state index in [1.807, 2.05) is 4.98 Å². The van der Waals surface area contributed by atoms with E-state index in [1.165, 1.54) is 6.92 Å². The Hall–Kier alpha value is -1.64. The number of aromatic nitrogens is 2. The summed E-state index contributed by atoms with van der Waals surface area (Å²) in [5, 5.41) is 3.26. The number of aromatic amines is 1. The molecular weight excluding hydrogens is 479 g/mol.